The maximum atomic E-state index is 10.9. The SMILES string of the molecule is O=S(=O)(NBr)Nc1ccccc1. The summed E-state index contributed by atoms with van der Waals surface area (Å²) in [5.41, 5.74) is 0.518. The smallest absolute Gasteiger partial charge is 0.270 e. The summed E-state index contributed by atoms with van der Waals surface area (Å²) in [5.74, 6) is 0. The average molecular weight is 251 g/mol. The van der Waals surface area contributed by atoms with Gasteiger partial charge in [0, 0.05) is 21.8 Å². The van der Waals surface area contributed by atoms with Crippen LogP contribution in [0.5, 0.6) is 0 Å². The topological polar surface area (TPSA) is 58.2 Å². The van der Waals surface area contributed by atoms with Crippen LogP contribution in [0, 0.1) is 0 Å². The summed E-state index contributed by atoms with van der Waals surface area (Å²) in [4.78, 5) is 0. The molecule has 0 aliphatic heterocycles. The molecule has 0 aliphatic rings. The molecular weight excluding hydrogens is 244 g/mol. The molecule has 0 atom stereocenters. The van der Waals surface area contributed by atoms with Crippen LogP contribution in [-0.4, -0.2) is 8.42 Å². The highest BCUT2D eigenvalue weighted by atomic mass is 79.9. The van der Waals surface area contributed by atoms with Gasteiger partial charge in [-0.1, -0.05) is 18.2 Å². The molecule has 0 spiro atoms. The predicted octanol–water partition coefficient (Wildman–Crippen LogP) is 1.24. The van der Waals surface area contributed by atoms with Gasteiger partial charge in [-0.25, -0.2) is 0 Å². The van der Waals surface area contributed by atoms with E-state index in [0.29, 0.717) is 5.69 Å². The van der Waals surface area contributed by atoms with Crippen LogP contribution in [0.2, 0.25) is 0 Å². The van der Waals surface area contributed by atoms with Gasteiger partial charge < -0.3 is 0 Å². The van der Waals surface area contributed by atoms with Crippen LogP contribution in [-0.2, 0) is 10.2 Å². The molecule has 0 heterocycles. The summed E-state index contributed by atoms with van der Waals surface area (Å²) >= 11 is 2.63. The van der Waals surface area contributed by atoms with Gasteiger partial charge in [0.2, 0.25) is 0 Å². The molecule has 12 heavy (non-hydrogen) atoms. The highest BCUT2D eigenvalue weighted by Gasteiger charge is 2.05. The van der Waals surface area contributed by atoms with Crippen molar-refractivity contribution in [3.05, 3.63) is 30.3 Å². The van der Waals surface area contributed by atoms with E-state index in [1.807, 2.05) is 3.75 Å². The van der Waals surface area contributed by atoms with Gasteiger partial charge in [-0.2, -0.15) is 8.42 Å². The van der Waals surface area contributed by atoms with E-state index in [9.17, 15) is 8.42 Å². The molecule has 1 rings (SSSR count). The number of hydrogen-bond acceptors (Lipinski definition) is 2. The molecule has 2 N–H and O–H groups in total. The van der Waals surface area contributed by atoms with Crippen molar-refractivity contribution in [2.75, 3.05) is 4.72 Å². The lowest BCUT2D eigenvalue weighted by Gasteiger charge is -2.03. The fourth-order valence-corrected chi connectivity index (χ4v) is 1.41. The van der Waals surface area contributed by atoms with E-state index in [1.165, 1.54) is 0 Å². The molecule has 0 saturated heterocycles. The standard InChI is InChI=1S/C6H7BrN2O2S/c7-9-12(10,11)8-6-4-2-1-3-5-6/h1-5,8-9H. The van der Waals surface area contributed by atoms with E-state index in [2.05, 4.69) is 20.9 Å². The lowest BCUT2D eigenvalue weighted by atomic mass is 10.3. The van der Waals surface area contributed by atoms with Crippen molar-refractivity contribution in [2.24, 2.45) is 0 Å². The van der Waals surface area contributed by atoms with Crippen LogP contribution in [0.15, 0.2) is 30.3 Å². The van der Waals surface area contributed by atoms with Gasteiger partial charge in [0.15, 0.2) is 0 Å². The van der Waals surface area contributed by atoms with Gasteiger partial charge in [0.05, 0.1) is 0 Å². The zero-order valence-electron chi connectivity index (χ0n) is 5.99. The molecule has 6 heteroatoms. The number of halogens is 1. The van der Waals surface area contributed by atoms with Gasteiger partial charge in [-0.15, -0.1) is 3.75 Å². The Kier molecular flexibility index (Phi) is 3.07. The number of rotatable bonds is 3. The van der Waals surface area contributed by atoms with Crippen LogP contribution in [0.1, 0.15) is 0 Å². The third kappa shape index (κ3) is 2.80. The number of anilines is 1. The Bertz CT molecular complexity index is 338. The van der Waals surface area contributed by atoms with E-state index in [-0.39, 0.29) is 0 Å². The molecule has 4 nitrogen and oxygen atoms in total. The van der Waals surface area contributed by atoms with Gasteiger partial charge in [-0.3, -0.25) is 4.72 Å². The first-order chi connectivity index (χ1) is 5.64. The van der Waals surface area contributed by atoms with Crippen molar-refractivity contribution in [1.82, 2.24) is 3.75 Å². The first-order valence-electron chi connectivity index (χ1n) is 3.09. The molecular formula is C6H7BrN2O2S. The maximum Gasteiger partial charge on any atom is 0.308 e. The van der Waals surface area contributed by atoms with Crippen LogP contribution in [0.25, 0.3) is 0 Å². The first-order valence-corrected chi connectivity index (χ1v) is 5.37. The maximum absolute atomic E-state index is 10.9. The molecule has 0 aromatic heterocycles. The summed E-state index contributed by atoms with van der Waals surface area (Å²) in [6, 6.07) is 8.60. The molecule has 66 valence electrons. The van der Waals surface area contributed by atoms with Crippen LogP contribution in [0.4, 0.5) is 5.69 Å². The third-order valence-electron chi connectivity index (χ3n) is 1.13. The van der Waals surface area contributed by atoms with E-state index >= 15 is 0 Å². The average Bonchev–Trinajstić information content (AvgIpc) is 2.06. The second-order valence-corrected chi connectivity index (χ2v) is 4.39. The molecule has 0 fully saturated rings. The molecule has 0 bridgehead atoms. The minimum Gasteiger partial charge on any atom is -0.270 e. The van der Waals surface area contributed by atoms with Gasteiger partial charge in [0.1, 0.15) is 0 Å². The van der Waals surface area contributed by atoms with Gasteiger partial charge in [0.25, 0.3) is 0 Å². The molecule has 0 saturated carbocycles. The fourth-order valence-electron chi connectivity index (χ4n) is 0.681. The third-order valence-corrected chi connectivity index (χ3v) is 3.11. The van der Waals surface area contributed by atoms with Gasteiger partial charge >= 0.3 is 10.2 Å². The number of hydrogen-bond donors (Lipinski definition) is 2. The molecule has 1 aromatic rings. The molecule has 0 aliphatic carbocycles. The number of para-hydroxylation sites is 1. The van der Waals surface area contributed by atoms with Crippen LogP contribution < -0.4 is 8.47 Å². The van der Waals surface area contributed by atoms with Gasteiger partial charge in [-0.05, 0) is 12.1 Å². The van der Waals surface area contributed by atoms with Crippen molar-refractivity contribution in [1.29, 1.82) is 0 Å². The summed E-state index contributed by atoms with van der Waals surface area (Å²) in [7, 11) is -3.46. The summed E-state index contributed by atoms with van der Waals surface area (Å²) in [6.07, 6.45) is 0. The van der Waals surface area contributed by atoms with E-state index in [0.717, 1.165) is 0 Å². The largest absolute Gasteiger partial charge is 0.308 e. The quantitative estimate of drug-likeness (QED) is 0.794. The Balaban J connectivity index is 2.78. The van der Waals surface area contributed by atoms with E-state index in [1.54, 1.807) is 30.3 Å². The minimum absolute atomic E-state index is 0.518. The number of nitrogens with one attached hydrogen (secondary N) is 2. The predicted molar refractivity (Wildman–Crippen MR) is 51.0 cm³/mol. The van der Waals surface area contributed by atoms with Crippen molar-refractivity contribution in [2.45, 2.75) is 0 Å². The van der Waals surface area contributed by atoms with Crippen molar-refractivity contribution >= 4 is 32.0 Å². The lowest BCUT2D eigenvalue weighted by Crippen LogP contribution is -2.21. The Hall–Kier alpha value is -0.590. The highest BCUT2D eigenvalue weighted by molar-refractivity contribution is 9.09. The van der Waals surface area contributed by atoms with Crippen LogP contribution in [0.3, 0.4) is 0 Å². The monoisotopic (exact) mass is 250 g/mol. The molecule has 0 amide bonds. The Morgan fingerprint density at radius 3 is 2.25 bits per heavy atom. The molecule has 0 unspecified atom stereocenters. The minimum atomic E-state index is -3.46. The zero-order chi connectivity index (χ0) is 9.03. The second kappa shape index (κ2) is 3.88. The normalized spacial score (nSPS) is 11.1. The molecule has 0 radical (unpaired) electrons. The zero-order valence-corrected chi connectivity index (χ0v) is 8.39. The summed E-state index contributed by atoms with van der Waals surface area (Å²) in [5, 5.41) is 0. The summed E-state index contributed by atoms with van der Waals surface area (Å²) < 4.78 is 26.0. The molecule has 1 aromatic carbocycles. The lowest BCUT2D eigenvalue weighted by molar-refractivity contribution is 0.600. The van der Waals surface area contributed by atoms with Crippen LogP contribution >= 0.6 is 16.1 Å². The Morgan fingerprint density at radius 2 is 1.75 bits per heavy atom. The van der Waals surface area contributed by atoms with E-state index < -0.39 is 10.2 Å². The van der Waals surface area contributed by atoms with Crippen molar-refractivity contribution < 1.29 is 8.42 Å². The van der Waals surface area contributed by atoms with E-state index in [4.69, 9.17) is 0 Å². The van der Waals surface area contributed by atoms with Crippen molar-refractivity contribution in [3.8, 4) is 0 Å². The summed E-state index contributed by atoms with van der Waals surface area (Å²) in [6.45, 7) is 0. The fraction of sp³-hybridized carbons (Fsp3) is 0. The Morgan fingerprint density at radius 1 is 1.17 bits per heavy atom. The Labute approximate surface area is 79.5 Å². The highest BCUT2D eigenvalue weighted by Crippen LogP contribution is 2.06. The second-order valence-electron chi connectivity index (χ2n) is 2.05. The first kappa shape index (κ1) is 9.50. The number of benzene rings is 1. The van der Waals surface area contributed by atoms with Crippen molar-refractivity contribution in [3.63, 3.8) is 0 Å².